The zero-order valence-corrected chi connectivity index (χ0v) is 23.4. The van der Waals surface area contributed by atoms with Crippen molar-refractivity contribution in [3.8, 4) is 0 Å². The molecule has 1 fully saturated rings. The molecule has 0 unspecified atom stereocenters. The van der Waals surface area contributed by atoms with Gasteiger partial charge in [0.15, 0.2) is 12.4 Å². The first-order valence-electron chi connectivity index (χ1n) is 13.0. The Morgan fingerprint density at radius 2 is 1.25 bits per heavy atom. The van der Waals surface area contributed by atoms with Gasteiger partial charge in [0, 0.05) is 38.6 Å². The summed E-state index contributed by atoms with van der Waals surface area (Å²) >= 11 is 0. The molecule has 1 heterocycles. The Hall–Kier alpha value is -2.56. The van der Waals surface area contributed by atoms with E-state index in [9.17, 15) is 14.4 Å². The van der Waals surface area contributed by atoms with Crippen molar-refractivity contribution >= 4 is 17.9 Å². The van der Waals surface area contributed by atoms with Crippen molar-refractivity contribution in [2.45, 2.75) is 51.8 Å². The van der Waals surface area contributed by atoms with Gasteiger partial charge in [0.05, 0.1) is 72.7 Å². The number of rotatable bonds is 23. The summed E-state index contributed by atoms with van der Waals surface area (Å²) in [6.45, 7) is 7.86. The molecule has 230 valence electrons. The van der Waals surface area contributed by atoms with E-state index < -0.39 is 42.5 Å². The first-order valence-corrected chi connectivity index (χ1v) is 13.0. The van der Waals surface area contributed by atoms with Crippen LogP contribution >= 0.6 is 0 Å². The van der Waals surface area contributed by atoms with Crippen LogP contribution in [-0.2, 0) is 61.8 Å². The smallest absolute Gasteiger partial charge is 0.303 e. The molecule has 0 aromatic carbocycles. The van der Waals surface area contributed by atoms with Crippen molar-refractivity contribution in [2.75, 3.05) is 85.8 Å². The molecule has 1 rings (SSSR count). The molecule has 0 amide bonds. The Balaban J connectivity index is 2.13. The highest BCUT2D eigenvalue weighted by Crippen LogP contribution is 2.27. The van der Waals surface area contributed by atoms with Gasteiger partial charge in [-0.25, -0.2) is 0 Å². The topological polar surface area (TPSA) is 192 Å². The van der Waals surface area contributed by atoms with Crippen LogP contribution in [0.2, 0.25) is 0 Å². The lowest BCUT2D eigenvalue weighted by molar-refractivity contribution is -0.267. The van der Waals surface area contributed by atoms with Gasteiger partial charge in [-0.15, -0.1) is 0 Å². The fourth-order valence-corrected chi connectivity index (χ4v) is 3.37. The van der Waals surface area contributed by atoms with Crippen LogP contribution in [0, 0.1) is 0 Å². The molecule has 1 saturated heterocycles. The molecule has 0 saturated carbocycles. The minimum absolute atomic E-state index is 0.120. The third kappa shape index (κ3) is 18.7. The molecule has 1 aliphatic heterocycles. The monoisotopic (exact) mass is 579 g/mol. The molecule has 0 aliphatic carbocycles. The lowest BCUT2D eigenvalue weighted by Gasteiger charge is -2.39. The van der Waals surface area contributed by atoms with E-state index in [0.29, 0.717) is 66.0 Å². The first-order chi connectivity index (χ1) is 19.3. The van der Waals surface area contributed by atoms with E-state index in [2.05, 4.69) is 10.0 Å². The van der Waals surface area contributed by atoms with Gasteiger partial charge >= 0.3 is 17.9 Å². The van der Waals surface area contributed by atoms with Crippen molar-refractivity contribution in [2.24, 2.45) is 5.11 Å². The molecule has 16 nitrogen and oxygen atoms in total. The predicted molar refractivity (Wildman–Crippen MR) is 135 cm³/mol. The number of carbonyl (C=O) groups excluding carboxylic acids is 3. The Bertz CT molecular complexity index is 766. The van der Waals surface area contributed by atoms with Crippen LogP contribution in [0.15, 0.2) is 5.11 Å². The minimum Gasteiger partial charge on any atom is -0.463 e. The van der Waals surface area contributed by atoms with Gasteiger partial charge in [-0.05, 0) is 5.53 Å². The fourth-order valence-electron chi connectivity index (χ4n) is 3.37. The number of hydrogen-bond acceptors (Lipinski definition) is 14. The van der Waals surface area contributed by atoms with E-state index in [-0.39, 0.29) is 26.2 Å². The molecule has 0 aromatic heterocycles. The summed E-state index contributed by atoms with van der Waals surface area (Å²) in [6.07, 6.45) is -3.34. The SMILES string of the molecule is CC(=O)OC[C@H]1O[C@H](OCCOCCOCCOCCOCCOCCN=[N+]=[N-])C[C@@H](OC(C)=O)[C@@H]1OC(C)=O. The summed E-state index contributed by atoms with van der Waals surface area (Å²) in [5.41, 5.74) is 8.13. The largest absolute Gasteiger partial charge is 0.463 e. The summed E-state index contributed by atoms with van der Waals surface area (Å²) in [5, 5.41) is 3.36. The van der Waals surface area contributed by atoms with E-state index in [1.54, 1.807) is 0 Å². The molecule has 1 aliphatic rings. The maximum atomic E-state index is 11.6. The second-order valence-corrected chi connectivity index (χ2v) is 8.25. The number of carbonyl (C=O) groups is 3. The Morgan fingerprint density at radius 1 is 0.750 bits per heavy atom. The molecule has 0 N–H and O–H groups in total. The molecule has 0 radical (unpaired) electrons. The summed E-state index contributed by atoms with van der Waals surface area (Å²) in [7, 11) is 0. The van der Waals surface area contributed by atoms with Crippen LogP contribution in [0.1, 0.15) is 27.2 Å². The number of nitrogens with zero attached hydrogens (tertiary/aromatic N) is 3. The maximum Gasteiger partial charge on any atom is 0.303 e. The summed E-state index contributed by atoms with van der Waals surface area (Å²) in [5.74, 6) is -1.68. The van der Waals surface area contributed by atoms with Crippen LogP contribution in [-0.4, -0.2) is 128 Å². The van der Waals surface area contributed by atoms with Crippen LogP contribution in [0.3, 0.4) is 0 Å². The molecule has 0 spiro atoms. The Kier molecular flexibility index (Phi) is 20.5. The summed E-state index contributed by atoms with van der Waals surface area (Å²) < 4.78 is 54.0. The second-order valence-electron chi connectivity index (χ2n) is 8.25. The van der Waals surface area contributed by atoms with Gasteiger partial charge in [-0.2, -0.15) is 0 Å². The van der Waals surface area contributed by atoms with Crippen molar-refractivity contribution in [1.29, 1.82) is 0 Å². The van der Waals surface area contributed by atoms with Crippen LogP contribution in [0.5, 0.6) is 0 Å². The zero-order valence-electron chi connectivity index (χ0n) is 23.4. The van der Waals surface area contributed by atoms with Crippen molar-refractivity contribution in [3.63, 3.8) is 0 Å². The Morgan fingerprint density at radius 3 is 1.73 bits per heavy atom. The molecule has 0 bridgehead atoms. The standard InChI is InChI=1S/C24H41N3O13/c1-18(28)37-17-22-24(39-20(3)30)21(38-19(2)29)16-23(40-22)36-15-14-35-13-12-34-11-10-33-9-8-32-7-6-31-5-4-26-27-25/h21-24H,4-17H2,1-3H3/t21-,22-,23+,24+/m1/s1. The minimum atomic E-state index is -0.951. The lowest BCUT2D eigenvalue weighted by Crippen LogP contribution is -2.54. The lowest BCUT2D eigenvalue weighted by atomic mass is 10.0. The van der Waals surface area contributed by atoms with Crippen LogP contribution < -0.4 is 0 Å². The zero-order chi connectivity index (χ0) is 29.4. The fraction of sp³-hybridized carbons (Fsp3) is 0.875. The average molecular weight is 580 g/mol. The van der Waals surface area contributed by atoms with Gasteiger partial charge in [-0.3, -0.25) is 14.4 Å². The molecular formula is C24H41N3O13. The molecule has 4 atom stereocenters. The predicted octanol–water partition coefficient (Wildman–Crippen LogP) is 0.938. The normalized spacial score (nSPS) is 20.4. The number of ether oxygens (including phenoxy) is 10. The van der Waals surface area contributed by atoms with E-state index in [1.807, 2.05) is 0 Å². The van der Waals surface area contributed by atoms with Gasteiger partial charge in [-0.1, -0.05) is 5.11 Å². The van der Waals surface area contributed by atoms with Crippen LogP contribution in [0.4, 0.5) is 0 Å². The third-order valence-electron chi connectivity index (χ3n) is 4.97. The molecule has 40 heavy (non-hydrogen) atoms. The highest BCUT2D eigenvalue weighted by Gasteiger charge is 2.44. The Labute approximate surface area is 233 Å². The molecular weight excluding hydrogens is 538 g/mol. The quantitative estimate of drug-likeness (QED) is 0.0415. The molecule has 0 aromatic rings. The second kappa shape index (κ2) is 23.2. The third-order valence-corrected chi connectivity index (χ3v) is 4.97. The number of hydrogen-bond donors (Lipinski definition) is 0. The summed E-state index contributed by atoms with van der Waals surface area (Å²) in [4.78, 5) is 37.0. The average Bonchev–Trinajstić information content (AvgIpc) is 2.89. The van der Waals surface area contributed by atoms with Gasteiger partial charge in [0.2, 0.25) is 0 Å². The number of azide groups is 1. The first kappa shape index (κ1) is 35.5. The van der Waals surface area contributed by atoms with Gasteiger partial charge in [0.25, 0.3) is 0 Å². The van der Waals surface area contributed by atoms with Crippen molar-refractivity contribution in [3.05, 3.63) is 10.4 Å². The van der Waals surface area contributed by atoms with E-state index in [1.165, 1.54) is 20.8 Å². The number of esters is 3. The molecule has 16 heteroatoms. The van der Waals surface area contributed by atoms with Crippen molar-refractivity contribution in [1.82, 2.24) is 0 Å². The highest BCUT2D eigenvalue weighted by molar-refractivity contribution is 5.67. The van der Waals surface area contributed by atoms with E-state index in [4.69, 9.17) is 52.9 Å². The highest BCUT2D eigenvalue weighted by atomic mass is 16.7. The van der Waals surface area contributed by atoms with Gasteiger partial charge in [0.1, 0.15) is 18.8 Å². The van der Waals surface area contributed by atoms with E-state index >= 15 is 0 Å². The van der Waals surface area contributed by atoms with Gasteiger partial charge < -0.3 is 47.4 Å². The van der Waals surface area contributed by atoms with Crippen LogP contribution in [0.25, 0.3) is 10.4 Å². The summed E-state index contributed by atoms with van der Waals surface area (Å²) in [6, 6.07) is 0. The van der Waals surface area contributed by atoms with Crippen molar-refractivity contribution < 1.29 is 61.8 Å². The maximum absolute atomic E-state index is 11.6. The van der Waals surface area contributed by atoms with E-state index in [0.717, 1.165) is 0 Å².